The number of anilines is 1. The molecule has 0 heterocycles. The molecule has 100 valence electrons. The summed E-state index contributed by atoms with van der Waals surface area (Å²) in [4.78, 5) is 0. The Hall–Kier alpha value is -1.96. The van der Waals surface area contributed by atoms with E-state index in [0.717, 1.165) is 24.4 Å². The monoisotopic (exact) mass is 255 g/mol. The molecule has 0 saturated heterocycles. The summed E-state index contributed by atoms with van der Waals surface area (Å²) in [6.45, 7) is 5.04. The van der Waals surface area contributed by atoms with Gasteiger partial charge in [0, 0.05) is 5.69 Å². The summed E-state index contributed by atoms with van der Waals surface area (Å²) in [7, 11) is 0. The van der Waals surface area contributed by atoms with Crippen molar-refractivity contribution in [3.63, 3.8) is 0 Å². The van der Waals surface area contributed by atoms with Crippen molar-refractivity contribution in [2.24, 2.45) is 0 Å². The van der Waals surface area contributed by atoms with Crippen molar-refractivity contribution in [3.05, 3.63) is 60.2 Å². The summed E-state index contributed by atoms with van der Waals surface area (Å²) < 4.78 is 6.05. The highest BCUT2D eigenvalue weighted by Crippen LogP contribution is 2.19. The van der Waals surface area contributed by atoms with E-state index in [0.29, 0.717) is 0 Å². The molecule has 0 aromatic heterocycles. The van der Waals surface area contributed by atoms with Crippen LogP contribution in [0.1, 0.15) is 18.9 Å². The van der Waals surface area contributed by atoms with Crippen molar-refractivity contribution in [2.75, 3.05) is 11.9 Å². The molecule has 0 saturated carbocycles. The summed E-state index contributed by atoms with van der Waals surface area (Å²) in [5.41, 5.74) is 2.31. The Morgan fingerprint density at radius 2 is 1.68 bits per heavy atom. The van der Waals surface area contributed by atoms with Gasteiger partial charge in [-0.05, 0) is 37.1 Å². The van der Waals surface area contributed by atoms with Crippen LogP contribution in [0.2, 0.25) is 0 Å². The molecule has 0 aliphatic heterocycles. The summed E-state index contributed by atoms with van der Waals surface area (Å²) in [6, 6.07) is 18.4. The molecule has 0 aliphatic rings. The molecule has 0 aliphatic carbocycles. The van der Waals surface area contributed by atoms with Crippen LogP contribution in [-0.2, 0) is 0 Å². The number of para-hydroxylation sites is 2. The number of rotatable bonds is 6. The molecule has 0 fully saturated rings. The zero-order chi connectivity index (χ0) is 13.5. The number of aryl methyl sites for hydroxylation is 1. The van der Waals surface area contributed by atoms with E-state index in [1.165, 1.54) is 5.56 Å². The molecular formula is C17H21NO. The molecule has 19 heavy (non-hydrogen) atoms. The van der Waals surface area contributed by atoms with Crippen LogP contribution < -0.4 is 10.1 Å². The third-order valence-electron chi connectivity index (χ3n) is 3.15. The van der Waals surface area contributed by atoms with Gasteiger partial charge in [0.1, 0.15) is 11.9 Å². The lowest BCUT2D eigenvalue weighted by Gasteiger charge is -2.20. The Bertz CT molecular complexity index is 496. The van der Waals surface area contributed by atoms with Gasteiger partial charge in [-0.15, -0.1) is 0 Å². The molecule has 1 atom stereocenters. The predicted octanol–water partition coefficient (Wildman–Crippen LogP) is 4.26. The Morgan fingerprint density at radius 1 is 1.00 bits per heavy atom. The molecule has 2 rings (SSSR count). The highest BCUT2D eigenvalue weighted by Gasteiger charge is 2.09. The van der Waals surface area contributed by atoms with Gasteiger partial charge < -0.3 is 10.1 Å². The predicted molar refractivity (Wildman–Crippen MR) is 80.8 cm³/mol. The van der Waals surface area contributed by atoms with Crippen molar-refractivity contribution >= 4 is 5.69 Å². The van der Waals surface area contributed by atoms with E-state index in [9.17, 15) is 0 Å². The lowest BCUT2D eigenvalue weighted by Crippen LogP contribution is -2.25. The topological polar surface area (TPSA) is 21.3 Å². The fraction of sp³-hybridized carbons (Fsp3) is 0.294. The van der Waals surface area contributed by atoms with Gasteiger partial charge in [0.2, 0.25) is 0 Å². The van der Waals surface area contributed by atoms with E-state index < -0.39 is 0 Å². The molecule has 1 N–H and O–H groups in total. The highest BCUT2D eigenvalue weighted by atomic mass is 16.5. The number of ether oxygens (including phenoxy) is 1. The number of benzene rings is 2. The van der Waals surface area contributed by atoms with Gasteiger partial charge in [-0.1, -0.05) is 43.3 Å². The average molecular weight is 255 g/mol. The molecule has 2 aromatic carbocycles. The van der Waals surface area contributed by atoms with Gasteiger partial charge >= 0.3 is 0 Å². The van der Waals surface area contributed by atoms with E-state index in [1.54, 1.807) is 0 Å². The first-order valence-electron chi connectivity index (χ1n) is 6.81. The first kappa shape index (κ1) is 13.5. The van der Waals surface area contributed by atoms with Gasteiger partial charge in [-0.25, -0.2) is 0 Å². The van der Waals surface area contributed by atoms with Crippen molar-refractivity contribution in [3.8, 4) is 5.75 Å². The van der Waals surface area contributed by atoms with Gasteiger partial charge in [0.15, 0.2) is 0 Å². The molecule has 2 aromatic rings. The van der Waals surface area contributed by atoms with Crippen LogP contribution >= 0.6 is 0 Å². The summed E-state index contributed by atoms with van der Waals surface area (Å²) in [5.74, 6) is 0.976. The quantitative estimate of drug-likeness (QED) is 0.832. The number of nitrogens with one attached hydrogen (secondary N) is 1. The second-order valence-electron chi connectivity index (χ2n) is 4.66. The van der Waals surface area contributed by atoms with Gasteiger partial charge in [-0.2, -0.15) is 0 Å². The van der Waals surface area contributed by atoms with Crippen LogP contribution in [0, 0.1) is 6.92 Å². The minimum Gasteiger partial charge on any atom is -0.488 e. The zero-order valence-electron chi connectivity index (χ0n) is 11.6. The normalized spacial score (nSPS) is 11.9. The second kappa shape index (κ2) is 6.83. The maximum atomic E-state index is 6.05. The molecule has 1 unspecified atom stereocenters. The van der Waals surface area contributed by atoms with E-state index in [2.05, 4.69) is 37.4 Å². The number of hydrogen-bond acceptors (Lipinski definition) is 2. The van der Waals surface area contributed by atoms with Crippen molar-refractivity contribution in [1.82, 2.24) is 0 Å². The molecule has 0 radical (unpaired) electrons. The van der Waals surface area contributed by atoms with Gasteiger partial charge in [-0.3, -0.25) is 0 Å². The summed E-state index contributed by atoms with van der Waals surface area (Å²) in [6.07, 6.45) is 1.16. The standard InChI is InChI=1S/C17H21NO/c1-3-16(13-18-15-10-5-4-6-11-15)19-17-12-8-7-9-14(17)2/h4-12,16,18H,3,13H2,1-2H3. The van der Waals surface area contributed by atoms with E-state index >= 15 is 0 Å². The van der Waals surface area contributed by atoms with Crippen LogP contribution in [0.3, 0.4) is 0 Å². The van der Waals surface area contributed by atoms with E-state index in [-0.39, 0.29) is 6.10 Å². The lowest BCUT2D eigenvalue weighted by molar-refractivity contribution is 0.208. The van der Waals surface area contributed by atoms with Crippen molar-refractivity contribution in [1.29, 1.82) is 0 Å². The molecule has 0 spiro atoms. The average Bonchev–Trinajstić information content (AvgIpc) is 2.46. The van der Waals surface area contributed by atoms with Gasteiger partial charge in [0.25, 0.3) is 0 Å². The van der Waals surface area contributed by atoms with Crippen molar-refractivity contribution in [2.45, 2.75) is 26.4 Å². The van der Waals surface area contributed by atoms with Crippen LogP contribution in [0.15, 0.2) is 54.6 Å². The Labute approximate surface area is 115 Å². The third kappa shape index (κ3) is 4.02. The van der Waals surface area contributed by atoms with E-state index in [4.69, 9.17) is 4.74 Å². The van der Waals surface area contributed by atoms with Gasteiger partial charge in [0.05, 0.1) is 6.54 Å². The summed E-state index contributed by atoms with van der Waals surface area (Å²) in [5, 5.41) is 3.41. The number of hydrogen-bond donors (Lipinski definition) is 1. The van der Waals surface area contributed by atoms with Crippen LogP contribution in [0.25, 0.3) is 0 Å². The molecular weight excluding hydrogens is 234 g/mol. The van der Waals surface area contributed by atoms with Crippen LogP contribution in [0.4, 0.5) is 5.69 Å². The zero-order valence-corrected chi connectivity index (χ0v) is 11.6. The maximum absolute atomic E-state index is 6.05. The SMILES string of the molecule is CCC(CNc1ccccc1)Oc1ccccc1C. The fourth-order valence-electron chi connectivity index (χ4n) is 1.93. The molecule has 2 nitrogen and oxygen atoms in total. The first-order chi connectivity index (χ1) is 9.29. The lowest BCUT2D eigenvalue weighted by atomic mass is 10.2. The minimum atomic E-state index is 0.182. The molecule has 0 amide bonds. The summed E-state index contributed by atoms with van der Waals surface area (Å²) >= 11 is 0. The maximum Gasteiger partial charge on any atom is 0.122 e. The molecule has 2 heteroatoms. The first-order valence-corrected chi connectivity index (χ1v) is 6.81. The smallest absolute Gasteiger partial charge is 0.122 e. The van der Waals surface area contributed by atoms with Crippen molar-refractivity contribution < 1.29 is 4.74 Å². The molecule has 0 bridgehead atoms. The Balaban J connectivity index is 1.92. The minimum absolute atomic E-state index is 0.182. The third-order valence-corrected chi connectivity index (χ3v) is 3.15. The largest absolute Gasteiger partial charge is 0.488 e. The highest BCUT2D eigenvalue weighted by molar-refractivity contribution is 5.42. The fourth-order valence-corrected chi connectivity index (χ4v) is 1.93. The Morgan fingerprint density at radius 3 is 2.37 bits per heavy atom. The van der Waals surface area contributed by atoms with E-state index in [1.807, 2.05) is 36.4 Å². The van der Waals surface area contributed by atoms with Crippen LogP contribution in [-0.4, -0.2) is 12.6 Å². The second-order valence-corrected chi connectivity index (χ2v) is 4.66. The van der Waals surface area contributed by atoms with Crippen LogP contribution in [0.5, 0.6) is 5.75 Å². The Kier molecular flexibility index (Phi) is 4.85.